The van der Waals surface area contributed by atoms with Crippen LogP contribution >= 0.6 is 0 Å². The van der Waals surface area contributed by atoms with Crippen molar-refractivity contribution < 1.29 is 5.11 Å². The second-order valence-corrected chi connectivity index (χ2v) is 4.12. The lowest BCUT2D eigenvalue weighted by Gasteiger charge is -2.08. The van der Waals surface area contributed by atoms with Crippen LogP contribution in [0.1, 0.15) is 30.7 Å². The third kappa shape index (κ3) is 1.91. The van der Waals surface area contributed by atoms with Gasteiger partial charge in [-0.2, -0.15) is 5.10 Å². The molecule has 1 N–H and O–H groups in total. The average Bonchev–Trinajstić information content (AvgIpc) is 2.69. The first-order valence-electron chi connectivity index (χ1n) is 4.83. The Labute approximate surface area is 78.4 Å². The number of hydrogen-bond acceptors (Lipinski definition) is 2. The first-order valence-corrected chi connectivity index (χ1v) is 4.83. The van der Waals surface area contributed by atoms with Crippen LogP contribution in [0.25, 0.3) is 0 Å². The van der Waals surface area contributed by atoms with Crippen molar-refractivity contribution in [1.82, 2.24) is 9.78 Å². The molecule has 0 spiro atoms. The Morgan fingerprint density at radius 1 is 1.54 bits per heavy atom. The molecule has 1 aromatic rings. The van der Waals surface area contributed by atoms with Gasteiger partial charge in [0, 0.05) is 12.2 Å². The average molecular weight is 180 g/mol. The summed E-state index contributed by atoms with van der Waals surface area (Å²) < 4.78 is 1.98. The van der Waals surface area contributed by atoms with E-state index in [1.54, 1.807) is 0 Å². The highest BCUT2D eigenvalue weighted by Gasteiger charge is 2.39. The van der Waals surface area contributed by atoms with Crippen LogP contribution in [0.3, 0.4) is 0 Å². The van der Waals surface area contributed by atoms with Gasteiger partial charge in [-0.15, -0.1) is 0 Å². The van der Waals surface area contributed by atoms with E-state index in [9.17, 15) is 5.11 Å². The molecule has 0 unspecified atom stereocenters. The van der Waals surface area contributed by atoms with E-state index in [2.05, 4.69) is 18.1 Å². The number of aliphatic hydroxyl groups is 1. The first-order chi connectivity index (χ1) is 6.09. The van der Waals surface area contributed by atoms with E-state index in [1.807, 2.05) is 11.6 Å². The smallest absolute Gasteiger partial charge is 0.0667 e. The third-order valence-corrected chi connectivity index (χ3v) is 2.72. The van der Waals surface area contributed by atoms with Crippen molar-refractivity contribution in [2.45, 2.75) is 45.3 Å². The number of hydrogen-bond donors (Lipinski definition) is 1. The molecule has 2 rings (SSSR count). The van der Waals surface area contributed by atoms with Gasteiger partial charge in [-0.05, 0) is 39.2 Å². The van der Waals surface area contributed by atoms with Crippen molar-refractivity contribution in [2.24, 2.45) is 0 Å². The minimum atomic E-state index is -0.355. The molecule has 0 atom stereocenters. The fourth-order valence-corrected chi connectivity index (χ4v) is 1.61. The van der Waals surface area contributed by atoms with Gasteiger partial charge in [-0.3, -0.25) is 4.68 Å². The lowest BCUT2D eigenvalue weighted by molar-refractivity contribution is 0.132. The van der Waals surface area contributed by atoms with Gasteiger partial charge in [-0.25, -0.2) is 0 Å². The molecular weight excluding hydrogens is 164 g/mol. The molecule has 1 aliphatic carbocycles. The normalized spacial score (nSPS) is 19.0. The van der Waals surface area contributed by atoms with Gasteiger partial charge in [0.15, 0.2) is 0 Å². The maximum Gasteiger partial charge on any atom is 0.0667 e. The quantitative estimate of drug-likeness (QED) is 0.763. The Bertz CT molecular complexity index is 313. The summed E-state index contributed by atoms with van der Waals surface area (Å²) in [6.07, 6.45) is 2.77. The van der Waals surface area contributed by atoms with Gasteiger partial charge in [0.25, 0.3) is 0 Å². The summed E-state index contributed by atoms with van der Waals surface area (Å²) in [5, 5.41) is 14.0. The van der Waals surface area contributed by atoms with E-state index in [0.717, 1.165) is 31.5 Å². The number of aryl methyl sites for hydroxylation is 3. The first kappa shape index (κ1) is 8.75. The highest BCUT2D eigenvalue weighted by molar-refractivity contribution is 5.06. The van der Waals surface area contributed by atoms with Crippen molar-refractivity contribution >= 4 is 0 Å². The summed E-state index contributed by atoms with van der Waals surface area (Å²) >= 11 is 0. The second-order valence-electron chi connectivity index (χ2n) is 4.12. The van der Waals surface area contributed by atoms with Crippen molar-refractivity contribution in [3.05, 3.63) is 17.5 Å². The predicted octanol–water partition coefficient (Wildman–Crippen LogP) is 1.41. The Morgan fingerprint density at radius 2 is 2.23 bits per heavy atom. The highest BCUT2D eigenvalue weighted by atomic mass is 16.3. The molecule has 3 nitrogen and oxygen atoms in total. The summed E-state index contributed by atoms with van der Waals surface area (Å²) in [4.78, 5) is 0. The zero-order valence-corrected chi connectivity index (χ0v) is 8.25. The third-order valence-electron chi connectivity index (χ3n) is 2.72. The molecule has 1 saturated carbocycles. The maximum atomic E-state index is 9.65. The molecule has 0 radical (unpaired) electrons. The Hall–Kier alpha value is -0.830. The topological polar surface area (TPSA) is 38.0 Å². The predicted molar refractivity (Wildman–Crippen MR) is 50.5 cm³/mol. The minimum absolute atomic E-state index is 0.355. The van der Waals surface area contributed by atoms with Crippen LogP contribution in [-0.2, 0) is 6.54 Å². The number of nitrogens with zero attached hydrogens (tertiary/aromatic N) is 2. The van der Waals surface area contributed by atoms with Crippen molar-refractivity contribution in [1.29, 1.82) is 0 Å². The Morgan fingerprint density at radius 3 is 2.69 bits per heavy atom. The maximum absolute atomic E-state index is 9.65. The highest BCUT2D eigenvalue weighted by Crippen LogP contribution is 2.38. The lowest BCUT2D eigenvalue weighted by Crippen LogP contribution is -2.13. The van der Waals surface area contributed by atoms with Crippen LogP contribution in [0.2, 0.25) is 0 Å². The van der Waals surface area contributed by atoms with Crippen LogP contribution < -0.4 is 0 Å². The molecule has 1 fully saturated rings. The van der Waals surface area contributed by atoms with Crippen LogP contribution in [0.5, 0.6) is 0 Å². The summed E-state index contributed by atoms with van der Waals surface area (Å²) in [7, 11) is 0. The van der Waals surface area contributed by atoms with E-state index in [-0.39, 0.29) is 5.60 Å². The second kappa shape index (κ2) is 2.84. The zero-order valence-electron chi connectivity index (χ0n) is 8.25. The molecule has 0 aromatic carbocycles. The molecule has 1 aromatic heterocycles. The summed E-state index contributed by atoms with van der Waals surface area (Å²) in [5.74, 6) is 0. The SMILES string of the molecule is Cc1cc(C)n(CCC2(O)CC2)n1. The monoisotopic (exact) mass is 180 g/mol. The molecule has 0 aliphatic heterocycles. The molecule has 1 heterocycles. The number of aromatic nitrogens is 2. The van der Waals surface area contributed by atoms with Crippen LogP contribution in [-0.4, -0.2) is 20.5 Å². The molecule has 1 aliphatic rings. The molecule has 0 amide bonds. The standard InChI is InChI=1S/C10H16N2O/c1-8-7-9(2)12(11-8)6-5-10(13)3-4-10/h7,13H,3-6H2,1-2H3. The van der Waals surface area contributed by atoms with Gasteiger partial charge in [0.2, 0.25) is 0 Å². The van der Waals surface area contributed by atoms with E-state index < -0.39 is 0 Å². The van der Waals surface area contributed by atoms with Crippen molar-refractivity contribution in [3.8, 4) is 0 Å². The van der Waals surface area contributed by atoms with Gasteiger partial charge >= 0.3 is 0 Å². The molecule has 0 saturated heterocycles. The van der Waals surface area contributed by atoms with Crippen LogP contribution in [0.4, 0.5) is 0 Å². The minimum Gasteiger partial charge on any atom is -0.390 e. The fraction of sp³-hybridized carbons (Fsp3) is 0.700. The lowest BCUT2D eigenvalue weighted by atomic mass is 10.2. The van der Waals surface area contributed by atoms with Crippen LogP contribution in [0, 0.1) is 13.8 Å². The zero-order chi connectivity index (χ0) is 9.47. The van der Waals surface area contributed by atoms with Gasteiger partial charge in [0.1, 0.15) is 0 Å². The van der Waals surface area contributed by atoms with Gasteiger partial charge < -0.3 is 5.11 Å². The molecule has 13 heavy (non-hydrogen) atoms. The Balaban J connectivity index is 1.97. The molecular formula is C10H16N2O. The molecule has 0 bridgehead atoms. The molecule has 72 valence electrons. The summed E-state index contributed by atoms with van der Waals surface area (Å²) in [6.45, 7) is 4.89. The Kier molecular flexibility index (Phi) is 1.91. The number of rotatable bonds is 3. The van der Waals surface area contributed by atoms with Crippen LogP contribution in [0.15, 0.2) is 6.07 Å². The molecule has 3 heteroatoms. The largest absolute Gasteiger partial charge is 0.390 e. The van der Waals surface area contributed by atoms with E-state index in [0.29, 0.717) is 0 Å². The summed E-state index contributed by atoms with van der Waals surface area (Å²) in [6, 6.07) is 2.07. The fourth-order valence-electron chi connectivity index (χ4n) is 1.61. The van der Waals surface area contributed by atoms with Gasteiger partial charge in [0.05, 0.1) is 11.3 Å². The van der Waals surface area contributed by atoms with E-state index >= 15 is 0 Å². The van der Waals surface area contributed by atoms with Gasteiger partial charge in [-0.1, -0.05) is 0 Å². The van der Waals surface area contributed by atoms with E-state index in [1.165, 1.54) is 5.69 Å². The van der Waals surface area contributed by atoms with E-state index in [4.69, 9.17) is 0 Å². The summed E-state index contributed by atoms with van der Waals surface area (Å²) in [5.41, 5.74) is 1.88. The van der Waals surface area contributed by atoms with Crippen molar-refractivity contribution in [2.75, 3.05) is 0 Å². The van der Waals surface area contributed by atoms with Crippen molar-refractivity contribution in [3.63, 3.8) is 0 Å².